The van der Waals surface area contributed by atoms with Gasteiger partial charge in [0.25, 0.3) is 0 Å². The van der Waals surface area contributed by atoms with E-state index in [0.717, 1.165) is 33.4 Å². The summed E-state index contributed by atoms with van der Waals surface area (Å²) < 4.78 is 11.0. The zero-order chi connectivity index (χ0) is 39.8. The zero-order valence-corrected chi connectivity index (χ0v) is 33.9. The van der Waals surface area contributed by atoms with Crippen molar-refractivity contribution in [3.63, 3.8) is 0 Å². The Hall–Kier alpha value is -3.88. The van der Waals surface area contributed by atoms with Crippen molar-refractivity contribution < 1.29 is 39.5 Å². The van der Waals surface area contributed by atoms with Gasteiger partial charge in [0.1, 0.15) is 11.5 Å². The normalized spacial score (nSPS) is 15.1. The molecule has 4 N–H and O–H groups in total. The van der Waals surface area contributed by atoms with Gasteiger partial charge in [-0.05, 0) is 67.9 Å². The van der Waals surface area contributed by atoms with Gasteiger partial charge < -0.3 is 29.9 Å². The first kappa shape index (κ1) is 42.5. The van der Waals surface area contributed by atoms with E-state index >= 15 is 0 Å². The number of aliphatic hydroxyl groups is 2. The molecule has 0 bridgehead atoms. The minimum Gasteiger partial charge on any atom is -0.507 e. The summed E-state index contributed by atoms with van der Waals surface area (Å²) in [4.78, 5) is 25.9. The molecule has 0 aliphatic heterocycles. The summed E-state index contributed by atoms with van der Waals surface area (Å²) in [6, 6.07) is 13.7. The molecule has 0 amide bonds. The Morgan fingerprint density at radius 1 is 0.481 bits per heavy atom. The molecule has 3 rings (SSSR count). The van der Waals surface area contributed by atoms with E-state index in [1.807, 2.05) is 107 Å². The quantitative estimate of drug-likeness (QED) is 0.121. The zero-order valence-electron chi connectivity index (χ0n) is 33.9. The van der Waals surface area contributed by atoms with Crippen LogP contribution in [0.15, 0.2) is 48.5 Å². The molecule has 2 unspecified atom stereocenters. The van der Waals surface area contributed by atoms with Crippen molar-refractivity contribution in [1.29, 1.82) is 0 Å². The van der Waals surface area contributed by atoms with E-state index in [1.54, 1.807) is 0 Å². The summed E-state index contributed by atoms with van der Waals surface area (Å²) in [5.74, 6) is -4.58. The predicted molar refractivity (Wildman–Crippen MR) is 205 cm³/mol. The second-order valence-corrected chi connectivity index (χ2v) is 18.6. The van der Waals surface area contributed by atoms with Crippen LogP contribution in [0.3, 0.4) is 0 Å². The van der Waals surface area contributed by atoms with Crippen molar-refractivity contribution in [3.05, 3.63) is 93.0 Å². The average molecular weight is 719 g/mol. The van der Waals surface area contributed by atoms with Crippen molar-refractivity contribution >= 4 is 11.9 Å². The lowest BCUT2D eigenvalue weighted by molar-refractivity contribution is -0.209. The van der Waals surface area contributed by atoms with Gasteiger partial charge in [0.2, 0.25) is 11.6 Å². The highest BCUT2D eigenvalue weighted by molar-refractivity contribution is 5.71. The van der Waals surface area contributed by atoms with E-state index in [9.17, 15) is 30.0 Å². The molecular weight excluding hydrogens is 656 g/mol. The average Bonchev–Trinajstić information content (AvgIpc) is 2.97. The fourth-order valence-corrected chi connectivity index (χ4v) is 6.21. The van der Waals surface area contributed by atoms with Crippen LogP contribution in [-0.4, -0.2) is 32.4 Å². The topological polar surface area (TPSA) is 134 Å². The van der Waals surface area contributed by atoms with Gasteiger partial charge in [-0.2, -0.15) is 0 Å². The lowest BCUT2D eigenvalue weighted by Crippen LogP contribution is -2.31. The molecule has 0 aromatic heterocycles. The highest BCUT2D eigenvalue weighted by atomic mass is 16.7. The number of aryl methyl sites for hydroxylation is 2. The first-order valence-corrected chi connectivity index (χ1v) is 18.2. The van der Waals surface area contributed by atoms with E-state index in [4.69, 9.17) is 9.47 Å². The molecule has 0 radical (unpaired) electrons. The Balaban J connectivity index is 1.68. The molecule has 0 spiro atoms. The number of phenolic OH excluding ortho intramolecular Hbond substituents is 2. The third-order valence-electron chi connectivity index (χ3n) is 9.39. The summed E-state index contributed by atoms with van der Waals surface area (Å²) in [6.07, 6.45) is 0.736. The smallest absolute Gasteiger partial charge is 0.308 e. The van der Waals surface area contributed by atoms with Crippen LogP contribution < -0.4 is 0 Å². The number of benzene rings is 3. The van der Waals surface area contributed by atoms with Crippen molar-refractivity contribution in [2.24, 2.45) is 0 Å². The van der Waals surface area contributed by atoms with Gasteiger partial charge >= 0.3 is 11.9 Å². The summed E-state index contributed by atoms with van der Waals surface area (Å²) in [7, 11) is 0. The highest BCUT2D eigenvalue weighted by Gasteiger charge is 2.33. The van der Waals surface area contributed by atoms with Crippen molar-refractivity contribution in [1.82, 2.24) is 0 Å². The molecule has 0 heterocycles. The maximum atomic E-state index is 13.0. The Kier molecular flexibility index (Phi) is 12.2. The molecule has 52 heavy (non-hydrogen) atoms. The standard InChI is InChI=1S/C44H62O8/c1-39(2,3)31-23-27(24-32(37(31)47)40(4,5)6)15-21-35(45)51-43(13,49)29-17-19-30(20-18-29)44(14,50)52-36(46)22-16-28-25-33(41(7,8)9)38(48)34(26-28)42(10,11)12/h17-20,23-26,47-50H,15-16,21-22H2,1-14H3. The third-order valence-corrected chi connectivity index (χ3v) is 9.39. The van der Waals surface area contributed by atoms with Gasteiger partial charge in [0, 0.05) is 37.8 Å². The molecule has 286 valence electrons. The molecule has 8 heteroatoms. The number of ether oxygens (including phenoxy) is 2. The first-order valence-electron chi connectivity index (χ1n) is 18.2. The van der Waals surface area contributed by atoms with Crippen LogP contribution in [0.1, 0.15) is 154 Å². The first-order chi connectivity index (χ1) is 23.4. The largest absolute Gasteiger partial charge is 0.507 e. The lowest BCUT2D eigenvalue weighted by atomic mass is 9.78. The number of carbonyl (C=O) groups is 2. The molecule has 3 aromatic carbocycles. The second kappa shape index (κ2) is 14.9. The van der Waals surface area contributed by atoms with Gasteiger partial charge in [-0.25, -0.2) is 0 Å². The summed E-state index contributed by atoms with van der Waals surface area (Å²) in [5.41, 5.74) is 4.32. The number of carbonyl (C=O) groups excluding carboxylic acids is 2. The predicted octanol–water partition coefficient (Wildman–Crippen LogP) is 8.97. The van der Waals surface area contributed by atoms with Crippen LogP contribution in [0.4, 0.5) is 0 Å². The Morgan fingerprint density at radius 3 is 0.923 bits per heavy atom. The molecule has 0 aliphatic carbocycles. The maximum absolute atomic E-state index is 13.0. The third kappa shape index (κ3) is 10.6. The van der Waals surface area contributed by atoms with Crippen LogP contribution in [-0.2, 0) is 65.1 Å². The highest BCUT2D eigenvalue weighted by Crippen LogP contribution is 2.41. The number of aromatic hydroxyl groups is 2. The van der Waals surface area contributed by atoms with Gasteiger partial charge in [-0.1, -0.05) is 132 Å². The van der Waals surface area contributed by atoms with Gasteiger partial charge in [-0.3, -0.25) is 9.59 Å². The van der Waals surface area contributed by atoms with Crippen molar-refractivity contribution in [2.45, 2.75) is 156 Å². The van der Waals surface area contributed by atoms with Gasteiger partial charge in [-0.15, -0.1) is 0 Å². The van der Waals surface area contributed by atoms with Crippen molar-refractivity contribution in [2.75, 3.05) is 0 Å². The summed E-state index contributed by atoms with van der Waals surface area (Å²) >= 11 is 0. The summed E-state index contributed by atoms with van der Waals surface area (Å²) in [6.45, 7) is 27.1. The van der Waals surface area contributed by atoms with E-state index in [0.29, 0.717) is 12.8 Å². The number of esters is 2. The number of hydrogen-bond donors (Lipinski definition) is 4. The number of phenols is 2. The maximum Gasteiger partial charge on any atom is 0.308 e. The minimum atomic E-state index is -1.96. The molecule has 3 aromatic rings. The lowest BCUT2D eigenvalue weighted by Gasteiger charge is -2.28. The molecule has 2 atom stereocenters. The monoisotopic (exact) mass is 718 g/mol. The molecule has 8 nitrogen and oxygen atoms in total. The SMILES string of the molecule is CC(C)(C)c1cc(CCC(=O)OC(C)(O)c2ccc(C(C)(O)OC(=O)CCc3cc(C(C)(C)C)c(O)c(C(C)(C)C)c3)cc2)cc(C(C)(C)C)c1O. The minimum absolute atomic E-state index is 0.00994. The molecular formula is C44H62O8. The number of hydrogen-bond acceptors (Lipinski definition) is 8. The van der Waals surface area contributed by atoms with Crippen LogP contribution in [0.25, 0.3) is 0 Å². The fraction of sp³-hybridized carbons (Fsp3) is 0.545. The van der Waals surface area contributed by atoms with Gasteiger partial charge in [0.05, 0.1) is 0 Å². The van der Waals surface area contributed by atoms with E-state index in [2.05, 4.69) is 0 Å². The van der Waals surface area contributed by atoms with Crippen LogP contribution >= 0.6 is 0 Å². The summed E-state index contributed by atoms with van der Waals surface area (Å²) in [5, 5.41) is 44.3. The molecule has 0 fully saturated rings. The van der Waals surface area contributed by atoms with E-state index in [1.165, 1.54) is 38.1 Å². The van der Waals surface area contributed by atoms with E-state index < -0.39 is 23.5 Å². The van der Waals surface area contributed by atoms with Crippen LogP contribution in [0.5, 0.6) is 11.5 Å². The Bertz CT molecular complexity index is 1550. The molecule has 0 aliphatic rings. The Labute approximate surface area is 311 Å². The van der Waals surface area contributed by atoms with E-state index in [-0.39, 0.29) is 57.1 Å². The fourth-order valence-electron chi connectivity index (χ4n) is 6.21. The number of rotatable bonds is 10. The Morgan fingerprint density at radius 2 is 0.712 bits per heavy atom. The molecule has 0 saturated carbocycles. The molecule has 0 saturated heterocycles. The second-order valence-electron chi connectivity index (χ2n) is 18.6. The van der Waals surface area contributed by atoms with Crippen molar-refractivity contribution in [3.8, 4) is 11.5 Å². The van der Waals surface area contributed by atoms with Crippen LogP contribution in [0.2, 0.25) is 0 Å². The van der Waals surface area contributed by atoms with Crippen LogP contribution in [0, 0.1) is 0 Å². The van der Waals surface area contributed by atoms with Gasteiger partial charge in [0.15, 0.2) is 0 Å².